The highest BCUT2D eigenvalue weighted by molar-refractivity contribution is 7.98. The molecular formula is C33H41ClN2O3S. The predicted molar refractivity (Wildman–Crippen MR) is 162 cm³/mol. The van der Waals surface area contributed by atoms with Gasteiger partial charge in [-0.1, -0.05) is 30.5 Å². The second kappa shape index (κ2) is 11.1. The van der Waals surface area contributed by atoms with Crippen LogP contribution in [0.4, 0.5) is 5.69 Å². The van der Waals surface area contributed by atoms with Gasteiger partial charge in [-0.15, -0.1) is 0 Å². The third-order valence-electron chi connectivity index (χ3n) is 10.6. The Labute approximate surface area is 247 Å². The van der Waals surface area contributed by atoms with E-state index in [1.54, 1.807) is 11.9 Å². The number of halogens is 1. The van der Waals surface area contributed by atoms with E-state index in [1.807, 2.05) is 18.2 Å². The molecule has 0 radical (unpaired) electrons. The number of hydrogen-bond acceptors (Lipinski definition) is 5. The van der Waals surface area contributed by atoms with Crippen LogP contribution in [0, 0.1) is 17.8 Å². The summed E-state index contributed by atoms with van der Waals surface area (Å²) in [4.78, 5) is 15.9. The summed E-state index contributed by atoms with van der Waals surface area (Å²) in [6, 6.07) is 12.3. The van der Waals surface area contributed by atoms with Gasteiger partial charge in [0.2, 0.25) is 0 Å². The number of aliphatic hydroxyl groups is 1. The van der Waals surface area contributed by atoms with Crippen LogP contribution in [0.5, 0.6) is 5.75 Å². The van der Waals surface area contributed by atoms with Gasteiger partial charge in [0.05, 0.1) is 18.4 Å². The molecule has 1 amide bonds. The number of benzene rings is 2. The van der Waals surface area contributed by atoms with Crippen molar-refractivity contribution in [2.75, 3.05) is 24.6 Å². The van der Waals surface area contributed by atoms with Crippen LogP contribution < -0.4 is 14.4 Å². The van der Waals surface area contributed by atoms with Gasteiger partial charge in [0.25, 0.3) is 5.91 Å². The molecule has 2 N–H and O–H groups in total. The molecule has 2 saturated carbocycles. The van der Waals surface area contributed by atoms with Crippen LogP contribution in [0.25, 0.3) is 0 Å². The number of carbonyl (C=O) groups excluding carboxylic acids is 1. The van der Waals surface area contributed by atoms with Crippen molar-refractivity contribution in [3.05, 3.63) is 58.1 Å². The van der Waals surface area contributed by atoms with Gasteiger partial charge in [-0.25, -0.2) is 0 Å². The number of anilines is 1. The first-order valence-corrected chi connectivity index (χ1v) is 16.7. The molecular weight excluding hydrogens is 540 g/mol. The Balaban J connectivity index is 1.25. The molecule has 7 heteroatoms. The first-order chi connectivity index (χ1) is 19.5. The van der Waals surface area contributed by atoms with E-state index in [1.165, 1.54) is 24.0 Å². The van der Waals surface area contributed by atoms with Crippen molar-refractivity contribution in [1.82, 2.24) is 4.72 Å². The summed E-state index contributed by atoms with van der Waals surface area (Å²) in [5.41, 5.74) is 4.26. The van der Waals surface area contributed by atoms with Gasteiger partial charge in [0.15, 0.2) is 0 Å². The average Bonchev–Trinajstić information content (AvgIpc) is 3.09. The van der Waals surface area contributed by atoms with Crippen LogP contribution >= 0.6 is 23.5 Å². The maximum Gasteiger partial charge on any atom is 0.261 e. The van der Waals surface area contributed by atoms with E-state index in [0.29, 0.717) is 35.2 Å². The van der Waals surface area contributed by atoms with Crippen molar-refractivity contribution in [1.29, 1.82) is 0 Å². The van der Waals surface area contributed by atoms with Crippen LogP contribution in [-0.2, 0) is 11.8 Å². The zero-order chi connectivity index (χ0) is 27.3. The molecule has 2 aromatic carbocycles. The first kappa shape index (κ1) is 27.0. The Hall–Kier alpha value is -1.89. The SMILES string of the molecule is O=C1NS[C@H]2CCC[C@H](CC[C@H](O)[C@@H]3CC[C@H]3CN3C[C@@]4(CCCc5cc(Cl)ccc54)COc4ccc1cc43)C2. The molecule has 6 atom stereocenters. The van der Waals surface area contributed by atoms with Gasteiger partial charge in [0.1, 0.15) is 5.75 Å². The van der Waals surface area contributed by atoms with E-state index >= 15 is 0 Å². The summed E-state index contributed by atoms with van der Waals surface area (Å²) in [6.45, 7) is 2.35. The van der Waals surface area contributed by atoms with Crippen LogP contribution in [-0.4, -0.2) is 42.1 Å². The van der Waals surface area contributed by atoms with Gasteiger partial charge < -0.3 is 14.7 Å². The Kier molecular flexibility index (Phi) is 7.47. The topological polar surface area (TPSA) is 61.8 Å². The predicted octanol–water partition coefficient (Wildman–Crippen LogP) is 6.93. The van der Waals surface area contributed by atoms with E-state index in [-0.39, 0.29) is 17.4 Å². The molecule has 214 valence electrons. The van der Waals surface area contributed by atoms with Gasteiger partial charge in [0, 0.05) is 34.3 Å². The Bertz CT molecular complexity index is 1270. The highest BCUT2D eigenvalue weighted by Crippen LogP contribution is 2.47. The summed E-state index contributed by atoms with van der Waals surface area (Å²) in [5.74, 6) is 2.29. The van der Waals surface area contributed by atoms with Crippen molar-refractivity contribution in [2.24, 2.45) is 17.8 Å². The number of fused-ring (bicyclic) bond motifs is 6. The zero-order valence-electron chi connectivity index (χ0n) is 23.2. The van der Waals surface area contributed by atoms with E-state index < -0.39 is 0 Å². The fraction of sp³-hybridized carbons (Fsp3) is 0.606. The minimum absolute atomic E-state index is 0.0180. The second-order valence-electron chi connectivity index (χ2n) is 13.1. The summed E-state index contributed by atoms with van der Waals surface area (Å²) in [5, 5.41) is 12.6. The van der Waals surface area contributed by atoms with E-state index in [2.05, 4.69) is 27.8 Å². The highest BCUT2D eigenvalue weighted by atomic mass is 35.5. The van der Waals surface area contributed by atoms with Gasteiger partial charge in [-0.3, -0.25) is 9.52 Å². The molecule has 7 rings (SSSR count). The van der Waals surface area contributed by atoms with Crippen LogP contribution in [0.3, 0.4) is 0 Å². The highest BCUT2D eigenvalue weighted by Gasteiger charge is 2.44. The number of nitrogens with one attached hydrogen (secondary N) is 1. The van der Waals surface area contributed by atoms with Gasteiger partial charge in [-0.05, 0) is 129 Å². The monoisotopic (exact) mass is 580 g/mol. The Morgan fingerprint density at radius 1 is 1.05 bits per heavy atom. The number of amides is 1. The van der Waals surface area contributed by atoms with Crippen molar-refractivity contribution >= 4 is 35.1 Å². The number of nitrogens with zero attached hydrogens (tertiary/aromatic N) is 1. The third kappa shape index (κ3) is 5.13. The smallest absolute Gasteiger partial charge is 0.261 e. The number of rotatable bonds is 0. The Morgan fingerprint density at radius 3 is 2.85 bits per heavy atom. The van der Waals surface area contributed by atoms with Crippen LogP contribution in [0.2, 0.25) is 5.02 Å². The molecule has 4 bridgehead atoms. The van der Waals surface area contributed by atoms with Gasteiger partial charge in [-0.2, -0.15) is 0 Å². The number of aryl methyl sites for hydroxylation is 1. The number of aliphatic hydroxyl groups excluding tert-OH is 1. The van der Waals surface area contributed by atoms with Gasteiger partial charge >= 0.3 is 0 Å². The standard InChI is InChI=1S/C33H41ClN2O3S/c34-25-9-11-28-22(16-25)4-2-14-33(28)19-36-18-24-7-10-27(24)30(37)12-6-21-3-1-5-26(15-21)40-35-32(38)23-8-13-31(39-20-33)29(36)17-23/h8-9,11,13,16-17,21,24,26-27,30,37H,1-7,10,12,14-15,18-20H2,(H,35,38)/t21-,24+,26+,27-,30+,33+/m1/s1. The lowest BCUT2D eigenvalue weighted by atomic mass is 9.67. The minimum atomic E-state index is -0.222. The number of carbonyl (C=O) groups is 1. The normalized spacial score (nSPS) is 34.0. The molecule has 2 aromatic rings. The summed E-state index contributed by atoms with van der Waals surface area (Å²) < 4.78 is 9.81. The van der Waals surface area contributed by atoms with Crippen molar-refractivity contribution < 1.29 is 14.6 Å². The third-order valence-corrected chi connectivity index (χ3v) is 11.9. The van der Waals surface area contributed by atoms with E-state index in [4.69, 9.17) is 16.3 Å². The van der Waals surface area contributed by atoms with Crippen molar-refractivity contribution in [2.45, 2.75) is 87.4 Å². The molecule has 0 unspecified atom stereocenters. The molecule has 2 aliphatic heterocycles. The molecule has 1 spiro atoms. The molecule has 2 fully saturated rings. The molecule has 0 saturated heterocycles. The molecule has 3 aliphatic carbocycles. The molecule has 5 nitrogen and oxygen atoms in total. The number of ether oxygens (including phenoxy) is 1. The maximum atomic E-state index is 13.4. The lowest BCUT2D eigenvalue weighted by Gasteiger charge is -2.46. The fourth-order valence-electron chi connectivity index (χ4n) is 8.29. The molecule has 40 heavy (non-hydrogen) atoms. The fourth-order valence-corrected chi connectivity index (χ4v) is 9.53. The quantitative estimate of drug-likeness (QED) is 0.331. The van der Waals surface area contributed by atoms with Crippen LogP contribution in [0.15, 0.2) is 36.4 Å². The molecule has 0 aromatic heterocycles. The van der Waals surface area contributed by atoms with Crippen LogP contribution in [0.1, 0.15) is 85.7 Å². The Morgan fingerprint density at radius 2 is 1.98 bits per heavy atom. The average molecular weight is 581 g/mol. The molecule has 5 aliphatic rings. The largest absolute Gasteiger partial charge is 0.490 e. The van der Waals surface area contributed by atoms with E-state index in [0.717, 1.165) is 87.3 Å². The van der Waals surface area contributed by atoms with E-state index in [9.17, 15) is 9.90 Å². The second-order valence-corrected chi connectivity index (χ2v) is 14.7. The summed E-state index contributed by atoms with van der Waals surface area (Å²) in [6.07, 6.45) is 12.0. The van der Waals surface area contributed by atoms with Crippen molar-refractivity contribution in [3.63, 3.8) is 0 Å². The first-order valence-electron chi connectivity index (χ1n) is 15.4. The lowest BCUT2D eigenvalue weighted by molar-refractivity contribution is 0.00600. The zero-order valence-corrected chi connectivity index (χ0v) is 24.8. The summed E-state index contributed by atoms with van der Waals surface area (Å²) >= 11 is 8.02. The maximum absolute atomic E-state index is 13.4. The lowest BCUT2D eigenvalue weighted by Crippen LogP contribution is -2.49. The molecule has 2 heterocycles. The number of hydrogen-bond donors (Lipinski definition) is 2. The van der Waals surface area contributed by atoms with Crippen molar-refractivity contribution in [3.8, 4) is 5.75 Å². The minimum Gasteiger partial charge on any atom is -0.490 e. The summed E-state index contributed by atoms with van der Waals surface area (Å²) in [7, 11) is 0.